The number of benzene rings is 1. The fourth-order valence-electron chi connectivity index (χ4n) is 3.12. The highest BCUT2D eigenvalue weighted by Gasteiger charge is 2.33. The van der Waals surface area contributed by atoms with Crippen LogP contribution in [0, 0.1) is 13.8 Å². The van der Waals surface area contributed by atoms with Gasteiger partial charge in [0.15, 0.2) is 5.79 Å². The highest BCUT2D eigenvalue weighted by molar-refractivity contribution is 6.35. The van der Waals surface area contributed by atoms with Gasteiger partial charge in [-0.25, -0.2) is 5.43 Å². The Labute approximate surface area is 168 Å². The van der Waals surface area contributed by atoms with Gasteiger partial charge in [-0.15, -0.1) is 0 Å². The summed E-state index contributed by atoms with van der Waals surface area (Å²) in [4.78, 5) is 12.0. The summed E-state index contributed by atoms with van der Waals surface area (Å²) in [5.74, 6) is -1.15. The third-order valence-electron chi connectivity index (χ3n) is 4.39. The van der Waals surface area contributed by atoms with Gasteiger partial charge in [-0.1, -0.05) is 23.2 Å². The van der Waals surface area contributed by atoms with Crippen molar-refractivity contribution in [2.24, 2.45) is 5.10 Å². The molecule has 27 heavy (non-hydrogen) atoms. The Kier molecular flexibility index (Phi) is 5.91. The summed E-state index contributed by atoms with van der Waals surface area (Å²) in [6.07, 6.45) is 1.70. The third-order valence-corrected chi connectivity index (χ3v) is 4.93. The van der Waals surface area contributed by atoms with Crippen LogP contribution in [-0.2, 0) is 14.3 Å². The molecule has 1 fully saturated rings. The molecule has 3 rings (SSSR count). The summed E-state index contributed by atoms with van der Waals surface area (Å²) >= 11 is 12.3. The number of halogens is 2. The number of hydrogen-bond donors (Lipinski definition) is 1. The Morgan fingerprint density at radius 3 is 2.67 bits per heavy atom. The highest BCUT2D eigenvalue weighted by atomic mass is 35.5. The smallest absolute Gasteiger partial charge is 0.245 e. The average molecular weight is 410 g/mol. The van der Waals surface area contributed by atoms with E-state index >= 15 is 0 Å². The lowest BCUT2D eigenvalue weighted by Crippen LogP contribution is -2.33. The number of carbonyl (C=O) groups excluding carboxylic acids is 1. The Hall–Kier alpha value is -1.86. The molecule has 1 aromatic heterocycles. The lowest BCUT2D eigenvalue weighted by Gasteiger charge is -2.20. The first-order valence-electron chi connectivity index (χ1n) is 8.53. The second-order valence-corrected chi connectivity index (χ2v) is 7.40. The number of hydrazone groups is 1. The quantitative estimate of drug-likeness (QED) is 0.599. The standard InChI is InChI=1S/C19H21Cl2N3O3/c1-12-8-14(11-22-23-18(25)10-19(3)26-6-7-27-19)13(2)24(12)17-5-4-15(20)9-16(17)21/h4-5,8-9,11H,6-7,10H2,1-3H3,(H,23,25)/b22-11-. The van der Waals surface area contributed by atoms with Gasteiger partial charge in [0.2, 0.25) is 5.91 Å². The fraction of sp³-hybridized carbons (Fsp3) is 0.368. The van der Waals surface area contributed by atoms with Crippen LogP contribution in [0.2, 0.25) is 10.0 Å². The van der Waals surface area contributed by atoms with Crippen LogP contribution in [0.25, 0.3) is 5.69 Å². The van der Waals surface area contributed by atoms with Gasteiger partial charge in [-0.05, 0) is 45.0 Å². The first-order chi connectivity index (χ1) is 12.8. The molecule has 0 atom stereocenters. The minimum atomic E-state index is -0.874. The molecule has 144 valence electrons. The fourth-order valence-corrected chi connectivity index (χ4v) is 3.61. The summed E-state index contributed by atoms with van der Waals surface area (Å²) in [6, 6.07) is 7.35. The molecule has 0 bridgehead atoms. The number of amides is 1. The van der Waals surface area contributed by atoms with Crippen molar-refractivity contribution >= 4 is 35.3 Å². The molecular weight excluding hydrogens is 389 g/mol. The van der Waals surface area contributed by atoms with E-state index in [0.29, 0.717) is 23.3 Å². The van der Waals surface area contributed by atoms with Crippen LogP contribution in [0.5, 0.6) is 0 Å². The van der Waals surface area contributed by atoms with E-state index in [1.165, 1.54) is 0 Å². The van der Waals surface area contributed by atoms with Crippen LogP contribution in [0.1, 0.15) is 30.3 Å². The topological polar surface area (TPSA) is 64.8 Å². The highest BCUT2D eigenvalue weighted by Crippen LogP contribution is 2.28. The van der Waals surface area contributed by atoms with Gasteiger partial charge >= 0.3 is 0 Å². The summed E-state index contributed by atoms with van der Waals surface area (Å²) in [5, 5.41) is 5.20. The molecule has 0 saturated carbocycles. The molecule has 0 aliphatic carbocycles. The monoisotopic (exact) mass is 409 g/mol. The van der Waals surface area contributed by atoms with Crippen molar-refractivity contribution in [3.05, 3.63) is 51.3 Å². The zero-order valence-electron chi connectivity index (χ0n) is 15.4. The number of aromatic nitrogens is 1. The Bertz CT molecular complexity index is 887. The summed E-state index contributed by atoms with van der Waals surface area (Å²) < 4.78 is 12.9. The van der Waals surface area contributed by atoms with E-state index in [2.05, 4.69) is 10.5 Å². The molecule has 8 heteroatoms. The van der Waals surface area contributed by atoms with Crippen LogP contribution in [0.4, 0.5) is 0 Å². The van der Waals surface area contributed by atoms with E-state index in [4.69, 9.17) is 32.7 Å². The first-order valence-corrected chi connectivity index (χ1v) is 9.29. The normalized spacial score (nSPS) is 16.2. The largest absolute Gasteiger partial charge is 0.347 e. The number of hydrogen-bond acceptors (Lipinski definition) is 4. The van der Waals surface area contributed by atoms with Gasteiger partial charge in [-0.2, -0.15) is 5.10 Å². The van der Waals surface area contributed by atoms with Crippen LogP contribution in [-0.4, -0.2) is 35.7 Å². The zero-order chi connectivity index (χ0) is 19.6. The second kappa shape index (κ2) is 8.02. The van der Waals surface area contributed by atoms with Crippen molar-refractivity contribution in [2.45, 2.75) is 33.0 Å². The number of aryl methyl sites for hydroxylation is 1. The van der Waals surface area contributed by atoms with Crippen molar-refractivity contribution in [2.75, 3.05) is 13.2 Å². The third kappa shape index (κ3) is 4.52. The van der Waals surface area contributed by atoms with Gasteiger partial charge in [0, 0.05) is 22.0 Å². The number of nitrogens with one attached hydrogen (secondary N) is 1. The average Bonchev–Trinajstić information content (AvgIpc) is 3.12. The molecule has 6 nitrogen and oxygen atoms in total. The van der Waals surface area contributed by atoms with E-state index in [-0.39, 0.29) is 12.3 Å². The van der Waals surface area contributed by atoms with E-state index < -0.39 is 5.79 Å². The molecule has 0 spiro atoms. The van der Waals surface area contributed by atoms with E-state index in [1.54, 1.807) is 25.3 Å². The SMILES string of the molecule is Cc1cc(/C=N\NC(=O)CC2(C)OCCO2)c(C)n1-c1ccc(Cl)cc1Cl. The molecule has 1 amide bonds. The maximum Gasteiger partial charge on any atom is 0.245 e. The Morgan fingerprint density at radius 1 is 1.30 bits per heavy atom. The molecule has 0 radical (unpaired) electrons. The molecular formula is C19H21Cl2N3O3. The molecule has 1 aliphatic heterocycles. The molecule has 1 saturated heterocycles. The molecule has 1 N–H and O–H groups in total. The lowest BCUT2D eigenvalue weighted by molar-refractivity contribution is -0.159. The van der Waals surface area contributed by atoms with Gasteiger partial charge in [0.05, 0.1) is 36.6 Å². The van der Waals surface area contributed by atoms with E-state index in [0.717, 1.165) is 22.6 Å². The number of nitrogens with zero attached hydrogens (tertiary/aromatic N) is 2. The summed E-state index contributed by atoms with van der Waals surface area (Å²) in [5.41, 5.74) is 6.16. The van der Waals surface area contributed by atoms with Crippen molar-refractivity contribution in [3.8, 4) is 5.69 Å². The molecule has 1 aromatic carbocycles. The van der Waals surface area contributed by atoms with E-state index in [9.17, 15) is 4.79 Å². The summed E-state index contributed by atoms with van der Waals surface area (Å²) in [6.45, 7) is 6.66. The van der Waals surface area contributed by atoms with Crippen LogP contribution >= 0.6 is 23.2 Å². The zero-order valence-corrected chi connectivity index (χ0v) is 16.9. The molecule has 2 aromatic rings. The second-order valence-electron chi connectivity index (χ2n) is 6.56. The number of rotatable bonds is 5. The van der Waals surface area contributed by atoms with Gasteiger partial charge in [-0.3, -0.25) is 4.79 Å². The lowest BCUT2D eigenvalue weighted by atomic mass is 10.2. The van der Waals surface area contributed by atoms with Gasteiger partial charge in [0.1, 0.15) is 0 Å². The van der Waals surface area contributed by atoms with Gasteiger partial charge in [0.25, 0.3) is 0 Å². The Morgan fingerprint density at radius 2 is 2.00 bits per heavy atom. The number of carbonyl (C=O) groups is 1. The molecule has 2 heterocycles. The molecule has 0 unspecified atom stereocenters. The van der Waals surface area contributed by atoms with Crippen molar-refractivity contribution in [1.82, 2.24) is 9.99 Å². The summed E-state index contributed by atoms with van der Waals surface area (Å²) in [7, 11) is 0. The van der Waals surface area contributed by atoms with Crippen molar-refractivity contribution in [1.29, 1.82) is 0 Å². The minimum Gasteiger partial charge on any atom is -0.347 e. The predicted octanol–water partition coefficient (Wildman–Crippen LogP) is 4.00. The Balaban J connectivity index is 1.72. The van der Waals surface area contributed by atoms with Crippen molar-refractivity contribution < 1.29 is 14.3 Å². The van der Waals surface area contributed by atoms with Crippen LogP contribution in [0.3, 0.4) is 0 Å². The number of ether oxygens (including phenoxy) is 2. The van der Waals surface area contributed by atoms with Crippen molar-refractivity contribution in [3.63, 3.8) is 0 Å². The predicted molar refractivity (Wildman–Crippen MR) is 106 cm³/mol. The molecule has 1 aliphatic rings. The first kappa shape index (κ1) is 19.9. The minimum absolute atomic E-state index is 0.0870. The maximum atomic E-state index is 12.0. The maximum absolute atomic E-state index is 12.0. The van der Waals surface area contributed by atoms with E-state index in [1.807, 2.05) is 30.5 Å². The van der Waals surface area contributed by atoms with Crippen LogP contribution < -0.4 is 5.43 Å². The van der Waals surface area contributed by atoms with Gasteiger partial charge < -0.3 is 14.0 Å². The van der Waals surface area contributed by atoms with Crippen LogP contribution in [0.15, 0.2) is 29.4 Å².